The van der Waals surface area contributed by atoms with Gasteiger partial charge in [-0.1, -0.05) is 30.0 Å². The monoisotopic (exact) mass is 429 g/mol. The van der Waals surface area contributed by atoms with E-state index in [2.05, 4.69) is 10.4 Å². The summed E-state index contributed by atoms with van der Waals surface area (Å²) in [7, 11) is 1.57. The van der Waals surface area contributed by atoms with Gasteiger partial charge in [0, 0.05) is 19.4 Å². The van der Waals surface area contributed by atoms with E-state index in [0.29, 0.717) is 35.4 Å². The highest BCUT2D eigenvalue weighted by molar-refractivity contribution is 8.14. The largest absolute Gasteiger partial charge is 0.497 e. The van der Waals surface area contributed by atoms with E-state index in [0.717, 1.165) is 5.75 Å². The summed E-state index contributed by atoms with van der Waals surface area (Å²) in [5.41, 5.74) is 0.707. The maximum atomic E-state index is 12.1. The van der Waals surface area contributed by atoms with Crippen LogP contribution in [0.25, 0.3) is 0 Å². The highest BCUT2D eigenvalue weighted by Gasteiger charge is 2.34. The van der Waals surface area contributed by atoms with Gasteiger partial charge < -0.3 is 19.5 Å². The predicted octanol–water partition coefficient (Wildman–Crippen LogP) is 3.15. The molecule has 0 aliphatic carbocycles. The predicted molar refractivity (Wildman–Crippen MR) is 115 cm³/mol. The van der Waals surface area contributed by atoms with E-state index < -0.39 is 5.37 Å². The minimum absolute atomic E-state index is 0.256. The molecule has 0 aromatic heterocycles. The number of hydrazone groups is 1. The number of nitrogens with zero attached hydrogens (tertiary/aromatic N) is 2. The molecule has 1 aliphatic rings. The molecule has 8 nitrogen and oxygen atoms in total. The van der Waals surface area contributed by atoms with Gasteiger partial charge in [0.2, 0.25) is 11.8 Å². The maximum Gasteiger partial charge on any atom is 0.241 e. The summed E-state index contributed by atoms with van der Waals surface area (Å²) in [4.78, 5) is 23.6. The first-order chi connectivity index (χ1) is 14.5. The molecule has 0 fully saturated rings. The average molecular weight is 429 g/mol. The molecule has 0 unspecified atom stereocenters. The lowest BCUT2D eigenvalue weighted by Crippen LogP contribution is -2.25. The quantitative estimate of drug-likeness (QED) is 0.680. The summed E-state index contributed by atoms with van der Waals surface area (Å²) in [6, 6.07) is 14.8. The molecule has 2 aromatic carbocycles. The Morgan fingerprint density at radius 2 is 1.80 bits per heavy atom. The van der Waals surface area contributed by atoms with E-state index in [1.165, 1.54) is 30.6 Å². The number of para-hydroxylation sites is 1. The standard InChI is InChI=1S/C21H23N3O5S/c1-14(25)22-21-23-24(15(2)26)20(30-21)18-13-17(27-3)9-10-19(18)29-12-11-28-16-7-5-4-6-8-16/h4-10,13,20H,11-12H2,1-3H3,(H,22,23,25)/t20-/m1/s1. The van der Waals surface area contributed by atoms with Crippen LogP contribution in [-0.2, 0) is 9.59 Å². The van der Waals surface area contributed by atoms with Crippen LogP contribution in [0.2, 0.25) is 0 Å². The average Bonchev–Trinajstić information content (AvgIpc) is 3.15. The van der Waals surface area contributed by atoms with Crippen molar-refractivity contribution in [1.82, 2.24) is 10.3 Å². The van der Waals surface area contributed by atoms with E-state index in [1.54, 1.807) is 25.3 Å². The molecular weight excluding hydrogens is 406 g/mol. The van der Waals surface area contributed by atoms with Gasteiger partial charge in [0.25, 0.3) is 0 Å². The Morgan fingerprint density at radius 3 is 2.47 bits per heavy atom. The molecule has 1 atom stereocenters. The van der Waals surface area contributed by atoms with Crippen molar-refractivity contribution in [2.75, 3.05) is 20.3 Å². The van der Waals surface area contributed by atoms with Crippen molar-refractivity contribution in [1.29, 1.82) is 0 Å². The first kappa shape index (κ1) is 21.5. The van der Waals surface area contributed by atoms with E-state index in [9.17, 15) is 9.59 Å². The SMILES string of the molecule is COc1ccc(OCCOc2ccccc2)c([C@H]2SC(NC(C)=O)=NN2C(C)=O)c1. The van der Waals surface area contributed by atoms with Gasteiger partial charge in [-0.25, -0.2) is 5.01 Å². The zero-order valence-electron chi connectivity index (χ0n) is 17.0. The smallest absolute Gasteiger partial charge is 0.241 e. The minimum atomic E-state index is -0.496. The van der Waals surface area contributed by atoms with Crippen LogP contribution in [0.5, 0.6) is 17.2 Å². The second-order valence-corrected chi connectivity index (χ2v) is 7.40. The number of nitrogens with one attached hydrogen (secondary N) is 1. The Morgan fingerprint density at radius 1 is 1.07 bits per heavy atom. The molecule has 1 aliphatic heterocycles. The van der Waals surface area contributed by atoms with Gasteiger partial charge in [-0.2, -0.15) is 0 Å². The molecule has 1 N–H and O–H groups in total. The van der Waals surface area contributed by atoms with Crippen molar-refractivity contribution in [2.45, 2.75) is 19.2 Å². The zero-order chi connectivity index (χ0) is 21.5. The number of thioether (sulfide) groups is 1. The number of benzene rings is 2. The summed E-state index contributed by atoms with van der Waals surface area (Å²) in [5, 5.41) is 8.03. The molecule has 0 radical (unpaired) electrons. The van der Waals surface area contributed by atoms with Crippen LogP contribution < -0.4 is 19.5 Å². The molecule has 0 saturated carbocycles. The second-order valence-electron chi connectivity index (χ2n) is 6.33. The highest BCUT2D eigenvalue weighted by Crippen LogP contribution is 2.43. The van der Waals surface area contributed by atoms with Gasteiger partial charge in [-0.3, -0.25) is 9.59 Å². The molecule has 158 valence electrons. The van der Waals surface area contributed by atoms with Crippen molar-refractivity contribution in [2.24, 2.45) is 5.10 Å². The Hall–Kier alpha value is -3.20. The Bertz CT molecular complexity index is 935. The number of carbonyl (C=O) groups is 2. The maximum absolute atomic E-state index is 12.1. The number of hydrogen-bond donors (Lipinski definition) is 1. The normalized spacial score (nSPS) is 15.4. The third-order valence-corrected chi connectivity index (χ3v) is 5.17. The van der Waals surface area contributed by atoms with Crippen LogP contribution in [0.1, 0.15) is 24.8 Å². The van der Waals surface area contributed by atoms with Crippen LogP contribution >= 0.6 is 11.8 Å². The van der Waals surface area contributed by atoms with Crippen molar-refractivity contribution in [3.05, 3.63) is 54.1 Å². The molecule has 3 rings (SSSR count). The Balaban J connectivity index is 1.75. The first-order valence-corrected chi connectivity index (χ1v) is 10.2. The molecule has 9 heteroatoms. The molecule has 30 heavy (non-hydrogen) atoms. The topological polar surface area (TPSA) is 89.5 Å². The van der Waals surface area contributed by atoms with Crippen LogP contribution in [0.15, 0.2) is 53.6 Å². The lowest BCUT2D eigenvalue weighted by atomic mass is 10.1. The lowest BCUT2D eigenvalue weighted by molar-refractivity contribution is -0.129. The van der Waals surface area contributed by atoms with Gasteiger partial charge in [0.05, 0.1) is 7.11 Å². The summed E-state index contributed by atoms with van der Waals surface area (Å²) in [6.07, 6.45) is 0. The molecule has 0 bridgehead atoms. The number of rotatable bonds is 7. The van der Waals surface area contributed by atoms with Gasteiger partial charge in [-0.05, 0) is 30.3 Å². The van der Waals surface area contributed by atoms with Crippen molar-refractivity contribution >= 4 is 28.7 Å². The molecule has 2 amide bonds. The molecule has 0 spiro atoms. The highest BCUT2D eigenvalue weighted by atomic mass is 32.2. The summed E-state index contributed by atoms with van der Waals surface area (Å²) >= 11 is 1.25. The van der Waals surface area contributed by atoms with E-state index in [4.69, 9.17) is 14.2 Å². The van der Waals surface area contributed by atoms with Crippen LogP contribution in [0.4, 0.5) is 0 Å². The van der Waals surface area contributed by atoms with Crippen LogP contribution in [0.3, 0.4) is 0 Å². The molecular formula is C21H23N3O5S. The van der Waals surface area contributed by atoms with E-state index in [1.807, 2.05) is 30.3 Å². The number of carbonyl (C=O) groups excluding carboxylic acids is 2. The van der Waals surface area contributed by atoms with E-state index >= 15 is 0 Å². The van der Waals surface area contributed by atoms with Gasteiger partial charge in [0.15, 0.2) is 5.17 Å². The summed E-state index contributed by atoms with van der Waals surface area (Å²) in [6.45, 7) is 3.48. The first-order valence-electron chi connectivity index (χ1n) is 9.29. The summed E-state index contributed by atoms with van der Waals surface area (Å²) in [5.74, 6) is 1.45. The number of hydrogen-bond acceptors (Lipinski definition) is 7. The van der Waals surface area contributed by atoms with Gasteiger partial charge in [-0.15, -0.1) is 5.10 Å². The van der Waals surface area contributed by atoms with Crippen LogP contribution in [0, 0.1) is 0 Å². The fraction of sp³-hybridized carbons (Fsp3) is 0.286. The lowest BCUT2D eigenvalue weighted by Gasteiger charge is -2.22. The molecule has 2 aromatic rings. The zero-order valence-corrected chi connectivity index (χ0v) is 17.8. The van der Waals surface area contributed by atoms with Crippen molar-refractivity contribution in [3.63, 3.8) is 0 Å². The van der Waals surface area contributed by atoms with Gasteiger partial charge >= 0.3 is 0 Å². The van der Waals surface area contributed by atoms with Gasteiger partial charge in [0.1, 0.15) is 35.8 Å². The van der Waals surface area contributed by atoms with Crippen molar-refractivity contribution in [3.8, 4) is 17.2 Å². The Kier molecular flexibility index (Phi) is 7.18. The van der Waals surface area contributed by atoms with Crippen molar-refractivity contribution < 1.29 is 23.8 Å². The van der Waals surface area contributed by atoms with E-state index in [-0.39, 0.29) is 11.8 Å². The third-order valence-electron chi connectivity index (χ3n) is 4.09. The second kappa shape index (κ2) is 10.0. The fourth-order valence-corrected chi connectivity index (χ4v) is 3.93. The number of amides is 2. The fourth-order valence-electron chi connectivity index (χ4n) is 2.77. The van der Waals surface area contributed by atoms with Crippen LogP contribution in [-0.4, -0.2) is 42.3 Å². The molecule has 1 heterocycles. The number of ether oxygens (including phenoxy) is 3. The Labute approximate surface area is 179 Å². The minimum Gasteiger partial charge on any atom is -0.497 e. The summed E-state index contributed by atoms with van der Waals surface area (Å²) < 4.78 is 17.0. The number of amidine groups is 1. The molecule has 0 saturated heterocycles. The third kappa shape index (κ3) is 5.44. The number of methoxy groups -OCH3 is 1.